The fourth-order valence-electron chi connectivity index (χ4n) is 3.36. The molecule has 1 aromatic rings. The molecule has 0 aromatic heterocycles. The zero-order valence-corrected chi connectivity index (χ0v) is 16.8. The second kappa shape index (κ2) is 8.36. The minimum absolute atomic E-state index is 0.0196. The molecule has 3 rings (SSSR count). The summed E-state index contributed by atoms with van der Waals surface area (Å²) in [5, 5.41) is 5.15. The number of esters is 1. The molecule has 2 N–H and O–H groups in total. The van der Waals surface area contributed by atoms with Crippen LogP contribution in [0.4, 0.5) is 9.59 Å². The Morgan fingerprint density at radius 1 is 1.10 bits per heavy atom. The van der Waals surface area contributed by atoms with Gasteiger partial charge in [-0.25, -0.2) is 19.3 Å². The van der Waals surface area contributed by atoms with Crippen molar-refractivity contribution in [3.05, 3.63) is 47.2 Å². The summed E-state index contributed by atoms with van der Waals surface area (Å²) in [6.07, 6.45) is 0. The van der Waals surface area contributed by atoms with Gasteiger partial charge in [0.05, 0.1) is 30.5 Å². The lowest BCUT2D eigenvalue weighted by Crippen LogP contribution is -2.49. The van der Waals surface area contributed by atoms with Gasteiger partial charge < -0.3 is 15.4 Å². The van der Waals surface area contributed by atoms with E-state index < -0.39 is 48.5 Å². The van der Waals surface area contributed by atoms with Crippen LogP contribution >= 0.6 is 0 Å². The number of carbonyl (C=O) groups is 5. The highest BCUT2D eigenvalue weighted by Crippen LogP contribution is 2.29. The first kappa shape index (κ1) is 21.0. The van der Waals surface area contributed by atoms with Gasteiger partial charge >= 0.3 is 29.8 Å². The molecule has 1 aromatic carbocycles. The molecule has 30 heavy (non-hydrogen) atoms. The Morgan fingerprint density at radius 3 is 2.33 bits per heavy atom. The van der Waals surface area contributed by atoms with Gasteiger partial charge in [-0.15, -0.1) is 0 Å². The van der Waals surface area contributed by atoms with Gasteiger partial charge in [0.2, 0.25) is 0 Å². The van der Waals surface area contributed by atoms with Crippen LogP contribution in [-0.2, 0) is 19.1 Å². The Morgan fingerprint density at radius 2 is 1.77 bits per heavy atom. The molecule has 0 spiro atoms. The van der Waals surface area contributed by atoms with Gasteiger partial charge in [-0.1, -0.05) is 30.3 Å². The Labute approximate surface area is 172 Å². The molecule has 0 saturated carbocycles. The third-order valence-electron chi connectivity index (χ3n) is 4.70. The van der Waals surface area contributed by atoms with Crippen LogP contribution in [0.3, 0.4) is 0 Å². The average molecular weight is 414 g/mol. The van der Waals surface area contributed by atoms with Crippen molar-refractivity contribution in [3.63, 3.8) is 0 Å². The molecule has 158 valence electrons. The van der Waals surface area contributed by atoms with Crippen molar-refractivity contribution in [2.24, 2.45) is 0 Å². The lowest BCUT2D eigenvalue weighted by molar-refractivity contribution is -0.143. The van der Waals surface area contributed by atoms with E-state index in [-0.39, 0.29) is 17.9 Å². The maximum atomic E-state index is 12.7. The molecule has 1 fully saturated rings. The standard InChI is InChI=1S/C20H22N4O6/c1-4-30-18(27)14-13(10-23-16(25)17(26)24(11(2)3)20(23)29)21-19(28)22-15(14)12-8-6-5-7-9-12/h5-9,11,15H,4,10H2,1-3H3,(H2,21,22,28). The third kappa shape index (κ3) is 3.76. The van der Waals surface area contributed by atoms with Gasteiger partial charge in [0.25, 0.3) is 0 Å². The third-order valence-corrected chi connectivity index (χ3v) is 4.70. The molecule has 1 unspecified atom stereocenters. The van der Waals surface area contributed by atoms with Crippen LogP contribution < -0.4 is 10.6 Å². The number of hydrogen-bond acceptors (Lipinski definition) is 6. The number of urea groups is 2. The van der Waals surface area contributed by atoms with Gasteiger partial charge in [0.15, 0.2) is 0 Å². The van der Waals surface area contributed by atoms with Crippen LogP contribution in [0.2, 0.25) is 0 Å². The minimum atomic E-state index is -1.02. The summed E-state index contributed by atoms with van der Waals surface area (Å²) in [6.45, 7) is 4.49. The number of benzene rings is 1. The lowest BCUT2D eigenvalue weighted by atomic mass is 9.95. The second-order valence-electron chi connectivity index (χ2n) is 7.00. The first-order valence-corrected chi connectivity index (χ1v) is 9.47. The Bertz CT molecular complexity index is 940. The van der Waals surface area contributed by atoms with E-state index in [0.717, 1.165) is 4.90 Å². The molecule has 2 aliphatic heterocycles. The van der Waals surface area contributed by atoms with Gasteiger partial charge in [-0.05, 0) is 26.3 Å². The second-order valence-corrected chi connectivity index (χ2v) is 7.00. The highest BCUT2D eigenvalue weighted by molar-refractivity contribution is 6.44. The van der Waals surface area contributed by atoms with E-state index >= 15 is 0 Å². The SMILES string of the molecule is CCOC(=O)C1=C(CN2C(=O)C(=O)N(C(C)C)C2=O)NC(=O)NC1c1ccccc1. The van der Waals surface area contributed by atoms with E-state index in [1.54, 1.807) is 51.1 Å². The summed E-state index contributed by atoms with van der Waals surface area (Å²) in [6, 6.07) is 5.95. The Kier molecular flexibility index (Phi) is 5.86. The number of nitrogens with one attached hydrogen (secondary N) is 2. The van der Waals surface area contributed by atoms with E-state index in [9.17, 15) is 24.0 Å². The summed E-state index contributed by atoms with van der Waals surface area (Å²) in [5.74, 6) is -2.68. The van der Waals surface area contributed by atoms with E-state index in [4.69, 9.17) is 4.74 Å². The minimum Gasteiger partial charge on any atom is -0.463 e. The Hall–Kier alpha value is -3.69. The maximum absolute atomic E-state index is 12.7. The normalized spacial score (nSPS) is 19.4. The molecule has 1 atom stereocenters. The summed E-state index contributed by atoms with van der Waals surface area (Å²) in [4.78, 5) is 63.8. The number of carbonyl (C=O) groups excluding carboxylic acids is 5. The van der Waals surface area contributed by atoms with Crippen molar-refractivity contribution in [1.82, 2.24) is 20.4 Å². The van der Waals surface area contributed by atoms with E-state index in [0.29, 0.717) is 10.5 Å². The number of hydrogen-bond donors (Lipinski definition) is 2. The van der Waals surface area contributed by atoms with Gasteiger partial charge in [-0.2, -0.15) is 0 Å². The average Bonchev–Trinajstić information content (AvgIpc) is 2.91. The van der Waals surface area contributed by atoms with Crippen molar-refractivity contribution in [2.75, 3.05) is 13.2 Å². The van der Waals surface area contributed by atoms with E-state index in [2.05, 4.69) is 10.6 Å². The first-order chi connectivity index (χ1) is 14.3. The van der Waals surface area contributed by atoms with Crippen molar-refractivity contribution >= 4 is 29.8 Å². The molecule has 0 radical (unpaired) electrons. The summed E-state index contributed by atoms with van der Waals surface area (Å²) in [7, 11) is 0. The molecule has 1 saturated heterocycles. The molecular formula is C20H22N4O6. The predicted octanol–water partition coefficient (Wildman–Crippen LogP) is 1.06. The lowest BCUT2D eigenvalue weighted by Gasteiger charge is -2.30. The summed E-state index contributed by atoms with van der Waals surface area (Å²) < 4.78 is 5.14. The maximum Gasteiger partial charge on any atom is 0.338 e. The smallest absolute Gasteiger partial charge is 0.338 e. The zero-order valence-electron chi connectivity index (χ0n) is 16.8. The molecule has 2 aliphatic rings. The Balaban J connectivity index is 2.05. The van der Waals surface area contributed by atoms with Gasteiger partial charge in [-0.3, -0.25) is 14.5 Å². The molecule has 6 amide bonds. The van der Waals surface area contributed by atoms with Crippen LogP contribution in [0.1, 0.15) is 32.4 Å². The highest BCUT2D eigenvalue weighted by Gasteiger charge is 2.47. The summed E-state index contributed by atoms with van der Waals surface area (Å²) >= 11 is 0. The fraction of sp³-hybridized carbons (Fsp3) is 0.350. The van der Waals surface area contributed by atoms with Crippen molar-refractivity contribution < 1.29 is 28.7 Å². The molecule has 2 heterocycles. The van der Waals surface area contributed by atoms with Crippen molar-refractivity contribution in [3.8, 4) is 0 Å². The van der Waals surface area contributed by atoms with Crippen LogP contribution in [0.15, 0.2) is 41.6 Å². The molecule has 0 aliphatic carbocycles. The number of amides is 6. The molecule has 0 bridgehead atoms. The van der Waals surface area contributed by atoms with Crippen molar-refractivity contribution in [1.29, 1.82) is 0 Å². The number of imide groups is 2. The number of nitrogens with zero attached hydrogens (tertiary/aromatic N) is 2. The van der Waals surface area contributed by atoms with E-state index in [1.165, 1.54) is 0 Å². The first-order valence-electron chi connectivity index (χ1n) is 9.47. The van der Waals surface area contributed by atoms with Crippen LogP contribution in [0.5, 0.6) is 0 Å². The van der Waals surface area contributed by atoms with Crippen molar-refractivity contribution in [2.45, 2.75) is 32.9 Å². The molecule has 10 nitrogen and oxygen atoms in total. The topological polar surface area (TPSA) is 125 Å². The van der Waals surface area contributed by atoms with Crippen LogP contribution in [0.25, 0.3) is 0 Å². The van der Waals surface area contributed by atoms with Crippen LogP contribution in [-0.4, -0.2) is 58.8 Å². The summed E-state index contributed by atoms with van der Waals surface area (Å²) in [5.41, 5.74) is 0.691. The fourth-order valence-corrected chi connectivity index (χ4v) is 3.36. The monoisotopic (exact) mass is 414 g/mol. The van der Waals surface area contributed by atoms with E-state index in [1.807, 2.05) is 0 Å². The largest absolute Gasteiger partial charge is 0.463 e. The number of ether oxygens (including phenoxy) is 1. The van der Waals surface area contributed by atoms with Gasteiger partial charge in [0.1, 0.15) is 0 Å². The molecule has 10 heteroatoms. The number of rotatable bonds is 6. The quantitative estimate of drug-likeness (QED) is 0.407. The van der Waals surface area contributed by atoms with Gasteiger partial charge in [0, 0.05) is 6.04 Å². The van der Waals surface area contributed by atoms with Crippen LogP contribution in [0, 0.1) is 0 Å². The zero-order chi connectivity index (χ0) is 22.0. The molecular weight excluding hydrogens is 392 g/mol. The highest BCUT2D eigenvalue weighted by atomic mass is 16.5. The predicted molar refractivity (Wildman–Crippen MR) is 104 cm³/mol.